The minimum absolute atomic E-state index is 0.0339. The Morgan fingerprint density at radius 3 is 2.48 bits per heavy atom. The summed E-state index contributed by atoms with van der Waals surface area (Å²) < 4.78 is 24.0. The Hall–Kier alpha value is -1.92. The first-order valence-corrected chi connectivity index (χ1v) is 12.5. The maximum absolute atomic E-state index is 13.1. The van der Waals surface area contributed by atoms with Gasteiger partial charge in [0.1, 0.15) is 0 Å². The number of sulfone groups is 1. The van der Waals surface area contributed by atoms with Gasteiger partial charge in [-0.1, -0.05) is 49.2 Å². The third-order valence-electron chi connectivity index (χ3n) is 6.44. The van der Waals surface area contributed by atoms with Gasteiger partial charge in [-0.25, -0.2) is 8.42 Å². The molecule has 0 radical (unpaired) electrons. The highest BCUT2D eigenvalue weighted by Crippen LogP contribution is 2.29. The molecule has 2 aromatic rings. The number of hydrogen-bond donors (Lipinski definition) is 1. The second kappa shape index (κ2) is 8.44. The third kappa shape index (κ3) is 4.64. The molecule has 29 heavy (non-hydrogen) atoms. The zero-order valence-electron chi connectivity index (χ0n) is 17.0. The van der Waals surface area contributed by atoms with Crippen LogP contribution in [0.15, 0.2) is 42.5 Å². The number of amides is 1. The summed E-state index contributed by atoms with van der Waals surface area (Å²) in [5, 5.41) is 5.76. The number of fused-ring (bicyclic) bond motifs is 1. The van der Waals surface area contributed by atoms with E-state index in [1.54, 1.807) is 0 Å². The van der Waals surface area contributed by atoms with E-state index >= 15 is 0 Å². The molecule has 1 saturated heterocycles. The number of nitrogens with one attached hydrogen (secondary N) is 1. The number of hydrogen-bond acceptors (Lipinski definition) is 4. The van der Waals surface area contributed by atoms with Crippen LogP contribution in [0.3, 0.4) is 0 Å². The fourth-order valence-corrected chi connectivity index (χ4v) is 6.52. The summed E-state index contributed by atoms with van der Waals surface area (Å²) in [5.41, 5.74) is 1.15. The Balaban J connectivity index is 1.44. The van der Waals surface area contributed by atoms with E-state index in [0.717, 1.165) is 31.2 Å². The Kier molecular flexibility index (Phi) is 5.93. The van der Waals surface area contributed by atoms with Gasteiger partial charge in [0.05, 0.1) is 18.1 Å². The van der Waals surface area contributed by atoms with E-state index in [9.17, 15) is 13.2 Å². The summed E-state index contributed by atoms with van der Waals surface area (Å²) >= 11 is 0. The Morgan fingerprint density at radius 1 is 1.07 bits per heavy atom. The molecule has 2 atom stereocenters. The number of carbonyl (C=O) groups is 1. The van der Waals surface area contributed by atoms with Crippen LogP contribution in [0.1, 0.15) is 50.6 Å². The molecule has 0 aromatic heterocycles. The highest BCUT2D eigenvalue weighted by Gasteiger charge is 2.38. The van der Waals surface area contributed by atoms with E-state index in [0.29, 0.717) is 6.42 Å². The standard InChI is InChI=1S/C23H30N2O3S/c1-17(19-11-10-18-6-2-3-7-20(18)14-19)24-15-23(26)25(21-8-4-5-9-21)22-12-13-29(27,28)16-22/h2-3,6-7,10-11,14,17,21-22,24H,4-5,8-9,12-13,15-16H2,1H3/t17-,22-/m0/s1. The Labute approximate surface area is 173 Å². The molecule has 156 valence electrons. The van der Waals surface area contributed by atoms with Gasteiger partial charge in [0.25, 0.3) is 0 Å². The van der Waals surface area contributed by atoms with E-state index < -0.39 is 9.84 Å². The van der Waals surface area contributed by atoms with Crippen LogP contribution in [0.25, 0.3) is 10.8 Å². The first-order valence-electron chi connectivity index (χ1n) is 10.7. The molecule has 1 heterocycles. The maximum Gasteiger partial charge on any atom is 0.237 e. The fraction of sp³-hybridized carbons (Fsp3) is 0.522. The van der Waals surface area contributed by atoms with Gasteiger partial charge < -0.3 is 10.2 Å². The molecule has 2 aliphatic rings. The first-order chi connectivity index (χ1) is 13.9. The number of nitrogens with zero attached hydrogens (tertiary/aromatic N) is 1. The van der Waals surface area contributed by atoms with Crippen molar-refractivity contribution >= 4 is 26.5 Å². The molecular formula is C23H30N2O3S. The Bertz CT molecular complexity index is 983. The predicted octanol–water partition coefficient (Wildman–Crippen LogP) is 3.45. The maximum atomic E-state index is 13.1. The van der Waals surface area contributed by atoms with Crippen LogP contribution in [0.5, 0.6) is 0 Å². The van der Waals surface area contributed by atoms with Crippen LogP contribution in [0.2, 0.25) is 0 Å². The van der Waals surface area contributed by atoms with Crippen LogP contribution in [-0.2, 0) is 14.6 Å². The summed E-state index contributed by atoms with van der Waals surface area (Å²) in [6.07, 6.45) is 4.79. The Morgan fingerprint density at radius 2 is 1.79 bits per heavy atom. The molecule has 1 N–H and O–H groups in total. The number of carbonyl (C=O) groups excluding carboxylic acids is 1. The zero-order chi connectivity index (χ0) is 20.4. The fourth-order valence-electron chi connectivity index (χ4n) is 4.81. The van der Waals surface area contributed by atoms with Gasteiger partial charge in [0.2, 0.25) is 5.91 Å². The molecule has 4 rings (SSSR count). The average molecular weight is 415 g/mol. The lowest BCUT2D eigenvalue weighted by Gasteiger charge is -2.34. The van der Waals surface area contributed by atoms with Crippen LogP contribution in [0.4, 0.5) is 0 Å². The summed E-state index contributed by atoms with van der Waals surface area (Å²) in [6, 6.07) is 14.7. The van der Waals surface area contributed by atoms with Crippen LogP contribution < -0.4 is 5.32 Å². The molecule has 1 aliphatic heterocycles. The van der Waals surface area contributed by atoms with Crippen molar-refractivity contribution in [3.8, 4) is 0 Å². The lowest BCUT2D eigenvalue weighted by molar-refractivity contribution is -0.134. The topological polar surface area (TPSA) is 66.5 Å². The van der Waals surface area contributed by atoms with Gasteiger partial charge in [-0.15, -0.1) is 0 Å². The third-order valence-corrected chi connectivity index (χ3v) is 8.19. The summed E-state index contributed by atoms with van der Waals surface area (Å²) in [6.45, 7) is 2.30. The minimum Gasteiger partial charge on any atom is -0.335 e. The molecular weight excluding hydrogens is 384 g/mol. The van der Waals surface area contributed by atoms with Crippen molar-refractivity contribution < 1.29 is 13.2 Å². The molecule has 1 amide bonds. The van der Waals surface area contributed by atoms with E-state index in [1.807, 2.05) is 17.0 Å². The van der Waals surface area contributed by atoms with Crippen molar-refractivity contribution in [1.82, 2.24) is 10.2 Å². The molecule has 2 fully saturated rings. The van der Waals surface area contributed by atoms with Crippen molar-refractivity contribution in [1.29, 1.82) is 0 Å². The van der Waals surface area contributed by atoms with Crippen molar-refractivity contribution in [2.75, 3.05) is 18.1 Å². The van der Waals surface area contributed by atoms with E-state index in [2.05, 4.69) is 42.6 Å². The highest BCUT2D eigenvalue weighted by molar-refractivity contribution is 7.91. The van der Waals surface area contributed by atoms with Crippen molar-refractivity contribution in [2.24, 2.45) is 0 Å². The quantitative estimate of drug-likeness (QED) is 0.786. The van der Waals surface area contributed by atoms with Gasteiger partial charge in [0, 0.05) is 18.1 Å². The average Bonchev–Trinajstić information content (AvgIpc) is 3.36. The smallest absolute Gasteiger partial charge is 0.237 e. The van der Waals surface area contributed by atoms with Crippen molar-refractivity contribution in [2.45, 2.75) is 57.2 Å². The van der Waals surface area contributed by atoms with E-state index in [1.165, 1.54) is 10.8 Å². The largest absolute Gasteiger partial charge is 0.335 e. The van der Waals surface area contributed by atoms with E-state index in [4.69, 9.17) is 0 Å². The summed E-state index contributed by atoms with van der Waals surface area (Å²) in [4.78, 5) is 15.1. The highest BCUT2D eigenvalue weighted by atomic mass is 32.2. The molecule has 0 unspecified atom stereocenters. The van der Waals surface area contributed by atoms with Gasteiger partial charge >= 0.3 is 0 Å². The van der Waals surface area contributed by atoms with Crippen LogP contribution >= 0.6 is 0 Å². The second-order valence-electron chi connectivity index (χ2n) is 8.51. The molecule has 2 aromatic carbocycles. The normalized spacial score (nSPS) is 22.7. The first kappa shape index (κ1) is 20.4. The van der Waals surface area contributed by atoms with Gasteiger partial charge in [0.15, 0.2) is 9.84 Å². The number of rotatable bonds is 6. The summed E-state index contributed by atoms with van der Waals surface area (Å²) in [5.74, 6) is 0.358. The molecule has 0 bridgehead atoms. The molecule has 0 spiro atoms. The molecule has 6 heteroatoms. The second-order valence-corrected chi connectivity index (χ2v) is 10.7. The van der Waals surface area contributed by atoms with E-state index in [-0.39, 0.29) is 42.1 Å². The van der Waals surface area contributed by atoms with Gasteiger partial charge in [-0.05, 0) is 48.6 Å². The SMILES string of the molecule is C[C@H](NCC(=O)N(C1CCCC1)[C@H]1CCS(=O)(=O)C1)c1ccc2ccccc2c1. The monoisotopic (exact) mass is 414 g/mol. The lowest BCUT2D eigenvalue weighted by Crippen LogP contribution is -2.50. The minimum atomic E-state index is -3.01. The molecule has 1 aliphatic carbocycles. The van der Waals surface area contributed by atoms with Crippen LogP contribution in [-0.4, -0.2) is 49.4 Å². The van der Waals surface area contributed by atoms with Gasteiger partial charge in [-0.3, -0.25) is 4.79 Å². The predicted molar refractivity (Wildman–Crippen MR) is 117 cm³/mol. The van der Waals surface area contributed by atoms with Crippen molar-refractivity contribution in [3.05, 3.63) is 48.0 Å². The van der Waals surface area contributed by atoms with Gasteiger partial charge in [-0.2, -0.15) is 0 Å². The molecule has 1 saturated carbocycles. The molecule has 5 nitrogen and oxygen atoms in total. The number of benzene rings is 2. The van der Waals surface area contributed by atoms with Crippen molar-refractivity contribution in [3.63, 3.8) is 0 Å². The summed E-state index contributed by atoms with van der Waals surface area (Å²) in [7, 11) is -3.01. The van der Waals surface area contributed by atoms with Crippen LogP contribution in [0, 0.1) is 0 Å². The lowest BCUT2D eigenvalue weighted by atomic mass is 10.0. The zero-order valence-corrected chi connectivity index (χ0v) is 17.8.